The Bertz CT molecular complexity index is 637. The molecule has 128 valence electrons. The van der Waals surface area contributed by atoms with Crippen molar-refractivity contribution in [1.29, 1.82) is 0 Å². The van der Waals surface area contributed by atoms with Gasteiger partial charge in [0, 0.05) is 26.1 Å². The predicted octanol–water partition coefficient (Wildman–Crippen LogP) is 2.23. The molecule has 0 saturated carbocycles. The van der Waals surface area contributed by atoms with E-state index in [4.69, 9.17) is 9.15 Å². The van der Waals surface area contributed by atoms with Crippen LogP contribution in [0.3, 0.4) is 0 Å². The van der Waals surface area contributed by atoms with Gasteiger partial charge in [-0.15, -0.1) is 0 Å². The second kappa shape index (κ2) is 8.40. The van der Waals surface area contributed by atoms with Crippen molar-refractivity contribution in [2.75, 3.05) is 43.1 Å². The molecule has 2 N–H and O–H groups in total. The van der Waals surface area contributed by atoms with Crippen LogP contribution in [0.2, 0.25) is 0 Å². The molecule has 0 radical (unpaired) electrons. The third kappa shape index (κ3) is 4.52. The van der Waals surface area contributed by atoms with E-state index in [9.17, 15) is 4.79 Å². The highest BCUT2D eigenvalue weighted by Gasteiger charge is 2.14. The number of amides is 1. The van der Waals surface area contributed by atoms with Crippen LogP contribution in [0.4, 0.5) is 11.4 Å². The number of nitrogens with one attached hydrogen (secondary N) is 2. The molecule has 1 aliphatic heterocycles. The Labute approximate surface area is 141 Å². The number of hydrogen-bond acceptors (Lipinski definition) is 5. The molecule has 1 amide bonds. The van der Waals surface area contributed by atoms with Gasteiger partial charge in [0.15, 0.2) is 0 Å². The van der Waals surface area contributed by atoms with E-state index >= 15 is 0 Å². The van der Waals surface area contributed by atoms with Crippen LogP contribution in [0.25, 0.3) is 0 Å². The summed E-state index contributed by atoms with van der Waals surface area (Å²) in [6, 6.07) is 11.8. The number of para-hydroxylation sites is 2. The summed E-state index contributed by atoms with van der Waals surface area (Å²) >= 11 is 0. The summed E-state index contributed by atoms with van der Waals surface area (Å²) in [5.74, 6) is 0.761. The van der Waals surface area contributed by atoms with Gasteiger partial charge in [0.25, 0.3) is 0 Å². The molecule has 1 aromatic heterocycles. The third-order valence-corrected chi connectivity index (χ3v) is 3.96. The number of carbonyl (C=O) groups excluding carboxylic acids is 1. The van der Waals surface area contributed by atoms with Crippen molar-refractivity contribution in [1.82, 2.24) is 5.32 Å². The SMILES string of the molecule is O=C(CCNc1ccccc1N1CCOCC1)NCc1ccco1. The number of nitrogens with zero attached hydrogens (tertiary/aromatic N) is 1. The molecule has 0 spiro atoms. The Morgan fingerprint density at radius 1 is 1.12 bits per heavy atom. The van der Waals surface area contributed by atoms with Gasteiger partial charge in [-0.3, -0.25) is 4.79 Å². The van der Waals surface area contributed by atoms with E-state index in [1.807, 2.05) is 30.3 Å². The van der Waals surface area contributed by atoms with Crippen molar-refractivity contribution in [3.63, 3.8) is 0 Å². The van der Waals surface area contributed by atoms with E-state index in [1.54, 1.807) is 6.26 Å². The lowest BCUT2D eigenvalue weighted by molar-refractivity contribution is -0.121. The molecule has 0 aliphatic carbocycles. The van der Waals surface area contributed by atoms with Crippen molar-refractivity contribution >= 4 is 17.3 Å². The molecule has 6 nitrogen and oxygen atoms in total. The first-order chi connectivity index (χ1) is 11.8. The highest BCUT2D eigenvalue weighted by atomic mass is 16.5. The van der Waals surface area contributed by atoms with Crippen molar-refractivity contribution in [2.24, 2.45) is 0 Å². The zero-order chi connectivity index (χ0) is 16.6. The molecule has 2 aromatic rings. The summed E-state index contributed by atoms with van der Waals surface area (Å²) in [6.45, 7) is 4.30. The molecule has 1 aromatic carbocycles. The number of benzene rings is 1. The van der Waals surface area contributed by atoms with Crippen LogP contribution in [0.5, 0.6) is 0 Å². The molecule has 6 heteroatoms. The maximum absolute atomic E-state index is 11.9. The van der Waals surface area contributed by atoms with E-state index < -0.39 is 0 Å². The minimum Gasteiger partial charge on any atom is -0.467 e. The lowest BCUT2D eigenvalue weighted by atomic mass is 10.2. The molecule has 1 fully saturated rings. The van der Waals surface area contributed by atoms with Crippen molar-refractivity contribution in [2.45, 2.75) is 13.0 Å². The Hall–Kier alpha value is -2.47. The molecular formula is C18H23N3O3. The van der Waals surface area contributed by atoms with Crippen LogP contribution in [0.15, 0.2) is 47.1 Å². The fourth-order valence-corrected chi connectivity index (χ4v) is 2.70. The number of hydrogen-bond donors (Lipinski definition) is 2. The van der Waals surface area contributed by atoms with Crippen LogP contribution in [0, 0.1) is 0 Å². The fourth-order valence-electron chi connectivity index (χ4n) is 2.70. The summed E-state index contributed by atoms with van der Waals surface area (Å²) in [6.07, 6.45) is 2.02. The minimum atomic E-state index is 0.00255. The number of ether oxygens (including phenoxy) is 1. The molecule has 3 rings (SSSR count). The average molecular weight is 329 g/mol. The largest absolute Gasteiger partial charge is 0.467 e. The first-order valence-corrected chi connectivity index (χ1v) is 8.27. The van der Waals surface area contributed by atoms with Gasteiger partial charge in [0.05, 0.1) is 37.4 Å². The topological polar surface area (TPSA) is 66.7 Å². The molecule has 0 unspecified atom stereocenters. The van der Waals surface area contributed by atoms with Gasteiger partial charge in [-0.1, -0.05) is 12.1 Å². The highest BCUT2D eigenvalue weighted by Crippen LogP contribution is 2.26. The Balaban J connectivity index is 1.46. The smallest absolute Gasteiger partial charge is 0.222 e. The maximum Gasteiger partial charge on any atom is 0.222 e. The molecule has 1 aliphatic rings. The van der Waals surface area contributed by atoms with E-state index in [0.29, 0.717) is 19.5 Å². The molecule has 0 atom stereocenters. The second-order valence-electron chi connectivity index (χ2n) is 5.65. The number of morpholine rings is 1. The summed E-state index contributed by atoms with van der Waals surface area (Å²) in [7, 11) is 0. The fraction of sp³-hybridized carbons (Fsp3) is 0.389. The van der Waals surface area contributed by atoms with Gasteiger partial charge in [-0.05, 0) is 24.3 Å². The minimum absolute atomic E-state index is 0.00255. The Morgan fingerprint density at radius 3 is 2.75 bits per heavy atom. The lowest BCUT2D eigenvalue weighted by Gasteiger charge is -2.30. The highest BCUT2D eigenvalue weighted by molar-refractivity contribution is 5.77. The summed E-state index contributed by atoms with van der Waals surface area (Å²) < 4.78 is 10.6. The van der Waals surface area contributed by atoms with Crippen LogP contribution in [-0.4, -0.2) is 38.8 Å². The van der Waals surface area contributed by atoms with E-state index in [2.05, 4.69) is 21.6 Å². The molecular weight excluding hydrogens is 306 g/mol. The number of carbonyl (C=O) groups is 1. The van der Waals surface area contributed by atoms with Crippen molar-refractivity contribution < 1.29 is 13.9 Å². The quantitative estimate of drug-likeness (QED) is 0.815. The summed E-state index contributed by atoms with van der Waals surface area (Å²) in [5, 5.41) is 6.22. The van der Waals surface area contributed by atoms with E-state index in [-0.39, 0.29) is 5.91 Å². The summed E-state index contributed by atoms with van der Waals surface area (Å²) in [5.41, 5.74) is 2.22. The monoisotopic (exact) mass is 329 g/mol. The lowest BCUT2D eigenvalue weighted by Crippen LogP contribution is -2.36. The average Bonchev–Trinajstić information content (AvgIpc) is 3.15. The molecule has 0 bridgehead atoms. The van der Waals surface area contributed by atoms with Crippen LogP contribution >= 0.6 is 0 Å². The van der Waals surface area contributed by atoms with Crippen LogP contribution in [-0.2, 0) is 16.1 Å². The molecule has 1 saturated heterocycles. The van der Waals surface area contributed by atoms with Crippen molar-refractivity contribution in [3.8, 4) is 0 Å². The van der Waals surface area contributed by atoms with E-state index in [1.165, 1.54) is 0 Å². The van der Waals surface area contributed by atoms with Crippen LogP contribution < -0.4 is 15.5 Å². The van der Waals surface area contributed by atoms with Gasteiger partial charge < -0.3 is 24.7 Å². The number of furan rings is 1. The second-order valence-corrected chi connectivity index (χ2v) is 5.65. The standard InChI is InChI=1S/C18H23N3O3/c22-18(20-14-15-4-3-11-24-15)7-8-19-16-5-1-2-6-17(16)21-9-12-23-13-10-21/h1-6,11,19H,7-10,12-14H2,(H,20,22). The normalized spacial score (nSPS) is 14.4. The Kier molecular flexibility index (Phi) is 5.74. The van der Waals surface area contributed by atoms with Crippen LogP contribution in [0.1, 0.15) is 12.2 Å². The Morgan fingerprint density at radius 2 is 1.96 bits per heavy atom. The third-order valence-electron chi connectivity index (χ3n) is 3.96. The summed E-state index contributed by atoms with van der Waals surface area (Å²) in [4.78, 5) is 14.2. The van der Waals surface area contributed by atoms with E-state index in [0.717, 1.165) is 43.4 Å². The first-order valence-electron chi connectivity index (χ1n) is 8.27. The zero-order valence-corrected chi connectivity index (χ0v) is 13.7. The predicted molar refractivity (Wildman–Crippen MR) is 93.1 cm³/mol. The van der Waals surface area contributed by atoms with Gasteiger partial charge in [0.1, 0.15) is 5.76 Å². The molecule has 2 heterocycles. The number of anilines is 2. The molecule has 24 heavy (non-hydrogen) atoms. The van der Waals surface area contributed by atoms with Gasteiger partial charge in [-0.2, -0.15) is 0 Å². The number of rotatable bonds is 7. The van der Waals surface area contributed by atoms with Gasteiger partial charge in [-0.25, -0.2) is 0 Å². The van der Waals surface area contributed by atoms with Gasteiger partial charge >= 0.3 is 0 Å². The van der Waals surface area contributed by atoms with Gasteiger partial charge in [0.2, 0.25) is 5.91 Å². The zero-order valence-electron chi connectivity index (χ0n) is 13.7. The maximum atomic E-state index is 11.9. The first kappa shape index (κ1) is 16.4. The van der Waals surface area contributed by atoms with Crippen molar-refractivity contribution in [3.05, 3.63) is 48.4 Å².